The van der Waals surface area contributed by atoms with Gasteiger partial charge in [-0.05, 0) is 34.8 Å². The molecule has 4 aliphatic rings. The highest BCUT2D eigenvalue weighted by Crippen LogP contribution is 2.63. The molecule has 0 saturated heterocycles. The second-order valence-corrected chi connectivity index (χ2v) is 22.4. The van der Waals surface area contributed by atoms with Crippen LogP contribution in [-0.4, -0.2) is 22.2 Å². The molecule has 0 aliphatic heterocycles. The van der Waals surface area contributed by atoms with Crippen LogP contribution in [0.3, 0.4) is 0 Å². The smallest absolute Gasteiger partial charge is 0.0972 e. The molecule has 0 N–H and O–H groups in total. The van der Waals surface area contributed by atoms with E-state index in [0.717, 1.165) is 23.7 Å². The molecule has 0 nitrogen and oxygen atoms in total. The molecule has 4 saturated carbocycles. The van der Waals surface area contributed by atoms with E-state index >= 15 is 0 Å². The zero-order valence-corrected chi connectivity index (χ0v) is 23.5. The number of hydrogen-bond donors (Lipinski definition) is 0. The minimum absolute atomic E-state index is 0.624. The third kappa shape index (κ3) is 5.12. The van der Waals surface area contributed by atoms with E-state index in [-0.39, 0.29) is 0 Å². The Kier molecular flexibility index (Phi) is 8.24. The van der Waals surface area contributed by atoms with Crippen LogP contribution >= 0.6 is 0 Å². The lowest BCUT2D eigenvalue weighted by molar-refractivity contribution is 0.263. The first-order valence-electron chi connectivity index (χ1n) is 14.4. The molecule has 0 aromatic rings. The van der Waals surface area contributed by atoms with Crippen LogP contribution in [0.25, 0.3) is 0 Å². The molecule has 2 heteroatoms. The van der Waals surface area contributed by atoms with E-state index in [1.807, 2.05) is 4.91 Å². The summed E-state index contributed by atoms with van der Waals surface area (Å²) in [5, 5.41) is 3.28. The van der Waals surface area contributed by atoms with Gasteiger partial charge in [0, 0.05) is 8.07 Å². The molecule has 30 heavy (non-hydrogen) atoms. The van der Waals surface area contributed by atoms with Gasteiger partial charge in [0.15, 0.2) is 0 Å². The fraction of sp³-hybridized carbons (Fsp3) is 1.00. The van der Waals surface area contributed by atoms with E-state index < -0.39 is 22.2 Å². The van der Waals surface area contributed by atoms with E-state index in [2.05, 4.69) is 34.2 Å². The van der Waals surface area contributed by atoms with E-state index in [4.69, 9.17) is 0 Å². The molecule has 6 unspecified atom stereocenters. The van der Waals surface area contributed by atoms with Crippen molar-refractivity contribution in [1.29, 1.82) is 0 Å². The lowest BCUT2D eigenvalue weighted by atomic mass is 9.81. The van der Waals surface area contributed by atoms with Crippen molar-refractivity contribution >= 4 is 22.2 Å². The van der Waals surface area contributed by atoms with Crippen LogP contribution in [0.2, 0.25) is 33.1 Å². The summed E-state index contributed by atoms with van der Waals surface area (Å²) in [7, 11) is -1.23. The van der Waals surface area contributed by atoms with Gasteiger partial charge < -0.3 is 0 Å². The van der Waals surface area contributed by atoms with E-state index in [9.17, 15) is 0 Å². The predicted octanol–water partition coefficient (Wildman–Crippen LogP) is 9.35. The molecular formula is C28H53AlSi. The minimum Gasteiger partial charge on any atom is -0.0972 e. The van der Waals surface area contributed by atoms with Gasteiger partial charge in [0.25, 0.3) is 14.1 Å². The zero-order valence-electron chi connectivity index (χ0n) is 21.3. The van der Waals surface area contributed by atoms with Crippen LogP contribution in [0.4, 0.5) is 0 Å². The predicted molar refractivity (Wildman–Crippen MR) is 138 cm³/mol. The van der Waals surface area contributed by atoms with Gasteiger partial charge in [0.2, 0.25) is 0 Å². The van der Waals surface area contributed by atoms with Crippen molar-refractivity contribution in [3.63, 3.8) is 0 Å². The molecule has 0 bridgehead atoms. The molecule has 4 rings (SSSR count). The molecule has 4 aliphatic carbocycles. The zero-order chi connectivity index (χ0) is 21.3. The molecule has 6 atom stereocenters. The van der Waals surface area contributed by atoms with Crippen LogP contribution in [-0.2, 0) is 0 Å². The first-order valence-corrected chi connectivity index (χ1v) is 19.7. The highest BCUT2D eigenvalue weighted by atomic mass is 28.3. The van der Waals surface area contributed by atoms with E-state index in [0.29, 0.717) is 0 Å². The Morgan fingerprint density at radius 1 is 0.633 bits per heavy atom. The number of fused-ring (bicyclic) bond motifs is 2. The minimum atomic E-state index is -1.23. The fourth-order valence-electron chi connectivity index (χ4n) is 9.90. The quantitative estimate of drug-likeness (QED) is 0.327. The molecule has 0 aromatic carbocycles. The first kappa shape index (κ1) is 23.9. The lowest BCUT2D eigenvalue weighted by Crippen LogP contribution is -2.49. The molecule has 172 valence electrons. The first-order chi connectivity index (χ1) is 14.4. The van der Waals surface area contributed by atoms with Crippen molar-refractivity contribution in [2.75, 3.05) is 0 Å². The van der Waals surface area contributed by atoms with Crippen LogP contribution in [0, 0.1) is 35.5 Å². The van der Waals surface area contributed by atoms with Gasteiger partial charge in [-0.25, -0.2) is 0 Å². The summed E-state index contributed by atoms with van der Waals surface area (Å²) in [5.74, 6) is 6.52. The van der Waals surface area contributed by atoms with Gasteiger partial charge in [-0.15, -0.1) is 0 Å². The average Bonchev–Trinajstić information content (AvgIpc) is 3.32. The van der Waals surface area contributed by atoms with Gasteiger partial charge in [-0.1, -0.05) is 139 Å². The maximum atomic E-state index is 3.04. The van der Waals surface area contributed by atoms with E-state index in [1.165, 1.54) is 22.9 Å². The highest BCUT2D eigenvalue weighted by molar-refractivity contribution is 6.91. The molecule has 4 fully saturated rings. The molecule has 0 amide bonds. The largest absolute Gasteiger partial charge is 0.259 e. The van der Waals surface area contributed by atoms with Gasteiger partial charge >= 0.3 is 0 Å². The Labute approximate surface area is 195 Å². The lowest BCUT2D eigenvalue weighted by Gasteiger charge is -2.48. The third-order valence-electron chi connectivity index (χ3n) is 10.7. The Balaban J connectivity index is 1.61. The van der Waals surface area contributed by atoms with Crippen LogP contribution in [0.15, 0.2) is 0 Å². The van der Waals surface area contributed by atoms with Crippen molar-refractivity contribution in [2.24, 2.45) is 35.5 Å². The topological polar surface area (TPSA) is 0 Å². The van der Waals surface area contributed by atoms with Crippen LogP contribution in [0.1, 0.15) is 105 Å². The van der Waals surface area contributed by atoms with Gasteiger partial charge in [-0.2, -0.15) is 0 Å². The van der Waals surface area contributed by atoms with Crippen LogP contribution < -0.4 is 0 Å². The summed E-state index contributed by atoms with van der Waals surface area (Å²) in [4.78, 5) is 1.84. The summed E-state index contributed by atoms with van der Waals surface area (Å²) in [6, 6.07) is 0. The summed E-state index contributed by atoms with van der Waals surface area (Å²) < 4.78 is 0. The Hall–Kier alpha value is 0.749. The van der Waals surface area contributed by atoms with Crippen molar-refractivity contribution in [3.8, 4) is 0 Å². The average molecular weight is 445 g/mol. The second-order valence-electron chi connectivity index (χ2n) is 13.6. The molecule has 0 aromatic heterocycles. The monoisotopic (exact) mass is 444 g/mol. The molecular weight excluding hydrogens is 391 g/mol. The Morgan fingerprint density at radius 3 is 1.50 bits per heavy atom. The van der Waals surface area contributed by atoms with Crippen molar-refractivity contribution < 1.29 is 0 Å². The highest BCUT2D eigenvalue weighted by Gasteiger charge is 2.56. The second kappa shape index (κ2) is 10.3. The maximum absolute atomic E-state index is 3.04. The fourth-order valence-corrected chi connectivity index (χ4v) is 26.5. The molecule has 0 heterocycles. The SMILES string of the molecule is CC(C)[CH2][Al]([CH2]C(C)C)[CH2][Si](C)(C1CCC2CCCCC21)C1CCC2CCCCC21. The van der Waals surface area contributed by atoms with Gasteiger partial charge in [0.05, 0.1) is 0 Å². The summed E-state index contributed by atoms with van der Waals surface area (Å²) in [5.41, 5.74) is 2.45. The Bertz CT molecular complexity index is 501. The van der Waals surface area contributed by atoms with Crippen molar-refractivity contribution in [3.05, 3.63) is 0 Å². The number of hydrogen-bond acceptors (Lipinski definition) is 0. The summed E-state index contributed by atoms with van der Waals surface area (Å²) >= 11 is -0.624. The summed E-state index contributed by atoms with van der Waals surface area (Å²) in [6.45, 7) is 13.1. The third-order valence-corrected chi connectivity index (χ3v) is 24.6. The van der Waals surface area contributed by atoms with Crippen molar-refractivity contribution in [1.82, 2.24) is 0 Å². The van der Waals surface area contributed by atoms with E-state index in [1.54, 1.807) is 87.6 Å². The number of rotatable bonds is 8. The standard InChI is InChI=1S/C20H35Si.2C4H9.Al/c1-21(2,19-13-11-15-7-3-5-9-17(15)19)20-14-12-16-8-4-6-10-18(16)20;2*1-4(2)3;/h15-20H,1,3-14H2,2H3;2*4H,1H2,2-3H3;. The van der Waals surface area contributed by atoms with Crippen molar-refractivity contribution in [2.45, 2.75) is 138 Å². The Morgan fingerprint density at radius 2 is 1.07 bits per heavy atom. The van der Waals surface area contributed by atoms with Gasteiger partial charge in [-0.3, -0.25) is 0 Å². The molecule has 0 radical (unpaired) electrons. The van der Waals surface area contributed by atoms with Crippen LogP contribution in [0.5, 0.6) is 0 Å². The summed E-state index contributed by atoms with van der Waals surface area (Å²) in [6.07, 6.45) is 19.3. The normalized spacial score (nSPS) is 38.5. The maximum Gasteiger partial charge on any atom is 0.259 e. The molecule has 0 spiro atoms. The van der Waals surface area contributed by atoms with Gasteiger partial charge in [0.1, 0.15) is 0 Å².